The number of ether oxygens (including phenoxy) is 1. The van der Waals surface area contributed by atoms with Crippen molar-refractivity contribution in [3.8, 4) is 5.75 Å². The molecule has 0 spiro atoms. The molecule has 154 valence electrons. The zero-order valence-corrected chi connectivity index (χ0v) is 17.6. The maximum Gasteiger partial charge on any atom is 0.233 e. The summed E-state index contributed by atoms with van der Waals surface area (Å²) in [6, 6.07) is 8.13. The minimum Gasteiger partial charge on any atom is -0.495 e. The second-order valence-corrected chi connectivity index (χ2v) is 8.24. The second kappa shape index (κ2) is 8.95. The lowest BCUT2D eigenvalue weighted by molar-refractivity contribution is -0.140. The van der Waals surface area contributed by atoms with Gasteiger partial charge in [0.05, 0.1) is 18.7 Å². The molecule has 2 saturated heterocycles. The molecule has 0 aliphatic carbocycles. The molecule has 2 fully saturated rings. The van der Waals surface area contributed by atoms with Crippen molar-refractivity contribution in [2.24, 2.45) is 17.8 Å². The van der Waals surface area contributed by atoms with E-state index in [4.69, 9.17) is 4.74 Å². The Morgan fingerprint density at radius 1 is 1.04 bits per heavy atom. The molecule has 3 rings (SSSR count). The van der Waals surface area contributed by atoms with Gasteiger partial charge < -0.3 is 9.64 Å². The summed E-state index contributed by atoms with van der Waals surface area (Å²) in [7, 11) is 1.71. The Hall–Kier alpha value is -2.08. The van der Waals surface area contributed by atoms with E-state index in [9.17, 15) is 9.59 Å². The number of imide groups is 1. The predicted octanol–water partition coefficient (Wildman–Crippen LogP) is 2.48. The Kier molecular flexibility index (Phi) is 6.60. The maximum absolute atomic E-state index is 12.6. The molecule has 1 aromatic carbocycles. The number of carbonyl (C=O) groups excluding carboxylic acids is 2. The van der Waals surface area contributed by atoms with Crippen LogP contribution in [0.25, 0.3) is 0 Å². The van der Waals surface area contributed by atoms with Crippen LogP contribution >= 0.6 is 0 Å². The monoisotopic (exact) mass is 387 g/mol. The van der Waals surface area contributed by atoms with Gasteiger partial charge in [-0.1, -0.05) is 32.9 Å². The largest absolute Gasteiger partial charge is 0.495 e. The van der Waals surface area contributed by atoms with Crippen LogP contribution < -0.4 is 9.64 Å². The van der Waals surface area contributed by atoms with Gasteiger partial charge in [0.1, 0.15) is 5.75 Å². The van der Waals surface area contributed by atoms with Crippen LogP contribution in [-0.4, -0.2) is 68.0 Å². The average Bonchev–Trinajstić information content (AvgIpc) is 2.91. The van der Waals surface area contributed by atoms with Crippen molar-refractivity contribution in [2.75, 3.05) is 51.3 Å². The van der Waals surface area contributed by atoms with Crippen molar-refractivity contribution < 1.29 is 14.3 Å². The summed E-state index contributed by atoms with van der Waals surface area (Å²) in [6.45, 7) is 11.3. The number of amides is 2. The number of likely N-dealkylation sites (tertiary alicyclic amines) is 1. The first-order valence-corrected chi connectivity index (χ1v) is 10.4. The third-order valence-corrected chi connectivity index (χ3v) is 6.12. The van der Waals surface area contributed by atoms with Gasteiger partial charge in [-0.3, -0.25) is 19.4 Å². The van der Waals surface area contributed by atoms with E-state index in [0.717, 1.165) is 50.6 Å². The first-order chi connectivity index (χ1) is 13.4. The SMILES string of the molecule is COc1ccccc1N1CCN(CCCN2C(=O)C(C)C(C(C)C)C2=O)CC1. The van der Waals surface area contributed by atoms with Crippen molar-refractivity contribution in [2.45, 2.75) is 27.2 Å². The minimum atomic E-state index is -0.183. The van der Waals surface area contributed by atoms with Crippen molar-refractivity contribution in [3.05, 3.63) is 24.3 Å². The zero-order chi connectivity index (χ0) is 20.3. The molecular weight excluding hydrogens is 354 g/mol. The van der Waals surface area contributed by atoms with Crippen molar-refractivity contribution in [1.82, 2.24) is 9.80 Å². The third-order valence-electron chi connectivity index (χ3n) is 6.12. The molecule has 0 N–H and O–H groups in total. The normalized spacial score (nSPS) is 23.8. The summed E-state index contributed by atoms with van der Waals surface area (Å²) < 4.78 is 5.48. The van der Waals surface area contributed by atoms with E-state index >= 15 is 0 Å². The highest BCUT2D eigenvalue weighted by molar-refractivity contribution is 6.05. The summed E-state index contributed by atoms with van der Waals surface area (Å²) in [6.07, 6.45) is 0.837. The lowest BCUT2D eigenvalue weighted by atomic mass is 9.87. The van der Waals surface area contributed by atoms with Crippen LogP contribution in [0.15, 0.2) is 24.3 Å². The number of rotatable bonds is 7. The Morgan fingerprint density at radius 2 is 1.71 bits per heavy atom. The summed E-state index contributed by atoms with van der Waals surface area (Å²) in [5, 5.41) is 0. The number of anilines is 1. The third kappa shape index (κ3) is 4.17. The molecule has 0 bridgehead atoms. The molecule has 0 radical (unpaired) electrons. The molecule has 1 aromatic rings. The van der Waals surface area contributed by atoms with Gasteiger partial charge in [0.25, 0.3) is 0 Å². The number of benzene rings is 1. The van der Waals surface area contributed by atoms with E-state index < -0.39 is 0 Å². The number of carbonyl (C=O) groups is 2. The Balaban J connectivity index is 1.46. The first-order valence-electron chi connectivity index (χ1n) is 10.4. The lowest BCUT2D eigenvalue weighted by Gasteiger charge is -2.36. The Morgan fingerprint density at radius 3 is 2.32 bits per heavy atom. The highest BCUT2D eigenvalue weighted by atomic mass is 16.5. The van der Waals surface area contributed by atoms with Crippen LogP contribution in [0, 0.1) is 17.8 Å². The van der Waals surface area contributed by atoms with E-state index in [2.05, 4.69) is 15.9 Å². The van der Waals surface area contributed by atoms with Crippen molar-refractivity contribution >= 4 is 17.5 Å². The molecular formula is C22H33N3O3. The molecule has 0 saturated carbocycles. The van der Waals surface area contributed by atoms with Gasteiger partial charge in [0.15, 0.2) is 0 Å². The molecule has 2 atom stereocenters. The van der Waals surface area contributed by atoms with Gasteiger partial charge in [0.2, 0.25) is 11.8 Å². The molecule has 2 aliphatic heterocycles. The van der Waals surface area contributed by atoms with E-state index in [1.165, 1.54) is 4.90 Å². The first kappa shape index (κ1) is 20.6. The van der Waals surface area contributed by atoms with Crippen LogP contribution in [0.5, 0.6) is 5.75 Å². The van der Waals surface area contributed by atoms with E-state index in [1.54, 1.807) is 7.11 Å². The maximum atomic E-state index is 12.6. The fraction of sp³-hybridized carbons (Fsp3) is 0.636. The smallest absolute Gasteiger partial charge is 0.233 e. The molecule has 28 heavy (non-hydrogen) atoms. The summed E-state index contributed by atoms with van der Waals surface area (Å²) in [4.78, 5) is 31.3. The van der Waals surface area contributed by atoms with Crippen LogP contribution in [0.4, 0.5) is 5.69 Å². The number of hydrogen-bond donors (Lipinski definition) is 0. The fourth-order valence-electron chi connectivity index (χ4n) is 4.54. The van der Waals surface area contributed by atoms with Crippen LogP contribution in [0.2, 0.25) is 0 Å². The molecule has 2 aliphatic rings. The summed E-state index contributed by atoms with van der Waals surface area (Å²) in [5.41, 5.74) is 1.15. The van der Waals surface area contributed by atoms with Crippen LogP contribution in [-0.2, 0) is 9.59 Å². The van der Waals surface area contributed by atoms with Crippen molar-refractivity contribution in [3.63, 3.8) is 0 Å². The quantitative estimate of drug-likeness (QED) is 0.673. The number of nitrogens with zero attached hydrogens (tertiary/aromatic N) is 3. The minimum absolute atomic E-state index is 0.00434. The highest BCUT2D eigenvalue weighted by Gasteiger charge is 2.45. The molecule has 6 heteroatoms. The van der Waals surface area contributed by atoms with Gasteiger partial charge >= 0.3 is 0 Å². The lowest BCUT2D eigenvalue weighted by Crippen LogP contribution is -2.47. The summed E-state index contributed by atoms with van der Waals surface area (Å²) >= 11 is 0. The van der Waals surface area contributed by atoms with Gasteiger partial charge in [-0.2, -0.15) is 0 Å². The number of para-hydroxylation sites is 2. The Bertz CT molecular complexity index is 698. The van der Waals surface area contributed by atoms with Gasteiger partial charge in [-0.05, 0) is 31.0 Å². The van der Waals surface area contributed by atoms with Crippen LogP contribution in [0.1, 0.15) is 27.2 Å². The predicted molar refractivity (Wildman–Crippen MR) is 110 cm³/mol. The summed E-state index contributed by atoms with van der Waals surface area (Å²) in [5.74, 6) is 0.808. The van der Waals surface area contributed by atoms with E-state index in [1.807, 2.05) is 39.0 Å². The van der Waals surface area contributed by atoms with Gasteiger partial charge in [-0.15, -0.1) is 0 Å². The number of methoxy groups -OCH3 is 1. The van der Waals surface area contributed by atoms with Crippen LogP contribution in [0.3, 0.4) is 0 Å². The average molecular weight is 388 g/mol. The molecule has 2 heterocycles. The molecule has 6 nitrogen and oxygen atoms in total. The number of hydrogen-bond acceptors (Lipinski definition) is 5. The highest BCUT2D eigenvalue weighted by Crippen LogP contribution is 2.32. The number of piperazine rings is 1. The van der Waals surface area contributed by atoms with E-state index in [-0.39, 0.29) is 29.6 Å². The standard InChI is InChI=1S/C22H33N3O3/c1-16(2)20-17(3)21(26)25(22(20)27)11-7-10-23-12-14-24(15-13-23)18-8-5-6-9-19(18)28-4/h5-6,8-9,16-17,20H,7,10-15H2,1-4H3. The van der Waals surface area contributed by atoms with E-state index in [0.29, 0.717) is 6.54 Å². The van der Waals surface area contributed by atoms with Crippen molar-refractivity contribution in [1.29, 1.82) is 0 Å². The topological polar surface area (TPSA) is 53.1 Å². The molecule has 2 unspecified atom stereocenters. The molecule has 0 aromatic heterocycles. The zero-order valence-electron chi connectivity index (χ0n) is 17.6. The second-order valence-electron chi connectivity index (χ2n) is 8.24. The van der Waals surface area contributed by atoms with Gasteiger partial charge in [0, 0.05) is 38.6 Å². The fourth-order valence-corrected chi connectivity index (χ4v) is 4.54. The Labute approximate surface area is 168 Å². The van der Waals surface area contributed by atoms with Gasteiger partial charge in [-0.25, -0.2) is 0 Å². The molecule has 2 amide bonds.